The zero-order valence-corrected chi connectivity index (χ0v) is 13.0. The van der Waals surface area contributed by atoms with E-state index in [1.807, 2.05) is 25.7 Å². The van der Waals surface area contributed by atoms with Crippen molar-refractivity contribution in [2.75, 3.05) is 26.3 Å². The van der Waals surface area contributed by atoms with Crippen LogP contribution in [0.3, 0.4) is 0 Å². The van der Waals surface area contributed by atoms with Crippen molar-refractivity contribution in [1.29, 1.82) is 0 Å². The lowest BCUT2D eigenvalue weighted by atomic mass is 10.0. The molecule has 0 aromatic rings. The molecule has 0 bridgehead atoms. The van der Waals surface area contributed by atoms with E-state index in [9.17, 15) is 4.79 Å². The second-order valence-corrected chi connectivity index (χ2v) is 6.73. The first-order chi connectivity index (χ1) is 9.47. The molecule has 5 nitrogen and oxygen atoms in total. The van der Waals surface area contributed by atoms with Crippen molar-refractivity contribution in [3.05, 3.63) is 0 Å². The number of carbonyl (C=O) groups excluding carboxylic acids is 1. The number of carbonyl (C=O) groups is 1. The first-order valence-electron chi connectivity index (χ1n) is 7.77. The van der Waals surface area contributed by atoms with Crippen molar-refractivity contribution in [1.82, 2.24) is 10.2 Å². The average molecular weight is 284 g/mol. The minimum Gasteiger partial charge on any atom is -0.444 e. The normalized spacial score (nSPS) is 25.2. The summed E-state index contributed by atoms with van der Waals surface area (Å²) in [6.45, 7) is 9.17. The molecule has 1 unspecified atom stereocenters. The number of hydrogen-bond donors (Lipinski definition) is 1. The van der Waals surface area contributed by atoms with Crippen LogP contribution in [-0.2, 0) is 9.47 Å². The average Bonchev–Trinajstić information content (AvgIpc) is 2.39. The number of ether oxygens (including phenoxy) is 2. The van der Waals surface area contributed by atoms with Gasteiger partial charge >= 0.3 is 6.09 Å². The molecule has 0 aromatic carbocycles. The molecule has 0 saturated carbocycles. The van der Waals surface area contributed by atoms with Crippen LogP contribution in [0.5, 0.6) is 0 Å². The summed E-state index contributed by atoms with van der Waals surface area (Å²) in [6, 6.07) is 0.505. The van der Waals surface area contributed by atoms with Crippen molar-refractivity contribution < 1.29 is 14.3 Å². The third-order valence-corrected chi connectivity index (χ3v) is 3.85. The molecule has 1 atom stereocenters. The topological polar surface area (TPSA) is 50.8 Å². The monoisotopic (exact) mass is 284 g/mol. The lowest BCUT2D eigenvalue weighted by molar-refractivity contribution is -0.0212. The van der Waals surface area contributed by atoms with Gasteiger partial charge in [-0.1, -0.05) is 0 Å². The molecule has 2 rings (SSSR count). The van der Waals surface area contributed by atoms with Gasteiger partial charge in [-0.2, -0.15) is 0 Å². The molecule has 0 aliphatic carbocycles. The Morgan fingerprint density at radius 2 is 1.90 bits per heavy atom. The van der Waals surface area contributed by atoms with Gasteiger partial charge in [-0.25, -0.2) is 4.79 Å². The molecule has 0 radical (unpaired) electrons. The van der Waals surface area contributed by atoms with E-state index in [1.165, 1.54) is 0 Å². The van der Waals surface area contributed by atoms with Gasteiger partial charge in [0.2, 0.25) is 0 Å². The third kappa shape index (κ3) is 4.35. The Kier molecular flexibility index (Phi) is 5.27. The Labute approximate surface area is 122 Å². The Bertz CT molecular complexity index is 298. The van der Waals surface area contributed by atoms with Crippen LogP contribution in [0.25, 0.3) is 0 Å². The Hall–Kier alpha value is -0.810. The molecule has 2 heterocycles. The summed E-state index contributed by atoms with van der Waals surface area (Å²) >= 11 is 0. The number of amides is 1. The van der Waals surface area contributed by atoms with Gasteiger partial charge in [0.25, 0.3) is 0 Å². The molecular weight excluding hydrogens is 256 g/mol. The number of nitrogens with one attached hydrogen (secondary N) is 1. The molecule has 2 aliphatic rings. The fraction of sp³-hybridized carbons (Fsp3) is 0.933. The summed E-state index contributed by atoms with van der Waals surface area (Å²) in [5, 5.41) is 3.39. The summed E-state index contributed by atoms with van der Waals surface area (Å²) in [4.78, 5) is 14.6. The van der Waals surface area contributed by atoms with Crippen LogP contribution in [0.4, 0.5) is 4.79 Å². The van der Waals surface area contributed by atoms with E-state index in [1.54, 1.807) is 0 Å². The quantitative estimate of drug-likeness (QED) is 0.844. The minimum atomic E-state index is -0.442. The summed E-state index contributed by atoms with van der Waals surface area (Å²) in [7, 11) is 0. The van der Waals surface area contributed by atoms with E-state index >= 15 is 0 Å². The molecule has 0 aromatic heterocycles. The fourth-order valence-corrected chi connectivity index (χ4v) is 2.95. The predicted molar refractivity (Wildman–Crippen MR) is 77.8 cm³/mol. The smallest absolute Gasteiger partial charge is 0.410 e. The van der Waals surface area contributed by atoms with Crippen LogP contribution in [0.1, 0.15) is 46.5 Å². The Balaban J connectivity index is 2.07. The van der Waals surface area contributed by atoms with E-state index in [0.29, 0.717) is 0 Å². The first-order valence-corrected chi connectivity index (χ1v) is 7.77. The van der Waals surface area contributed by atoms with E-state index in [-0.39, 0.29) is 18.2 Å². The maximum Gasteiger partial charge on any atom is 0.410 e. The van der Waals surface area contributed by atoms with Crippen molar-refractivity contribution in [3.8, 4) is 0 Å². The second-order valence-electron chi connectivity index (χ2n) is 6.73. The molecule has 116 valence electrons. The van der Waals surface area contributed by atoms with Gasteiger partial charge in [0, 0.05) is 31.8 Å². The van der Waals surface area contributed by atoms with Crippen LogP contribution in [0.2, 0.25) is 0 Å². The summed E-state index contributed by atoms with van der Waals surface area (Å²) in [5.74, 6) is 0. The lowest BCUT2D eigenvalue weighted by Gasteiger charge is -2.42. The van der Waals surface area contributed by atoms with Crippen molar-refractivity contribution >= 4 is 6.09 Å². The predicted octanol–water partition coefficient (Wildman–Crippen LogP) is 2.15. The van der Waals surface area contributed by atoms with E-state index in [2.05, 4.69) is 5.32 Å². The Morgan fingerprint density at radius 1 is 1.20 bits per heavy atom. The molecule has 1 N–H and O–H groups in total. The van der Waals surface area contributed by atoms with Gasteiger partial charge in [0.05, 0.1) is 0 Å². The van der Waals surface area contributed by atoms with Gasteiger partial charge < -0.3 is 19.7 Å². The highest BCUT2D eigenvalue weighted by molar-refractivity contribution is 5.69. The van der Waals surface area contributed by atoms with Crippen molar-refractivity contribution in [3.63, 3.8) is 0 Å². The molecule has 5 heteroatoms. The minimum absolute atomic E-state index is 0.168. The number of nitrogens with zero attached hydrogens (tertiary/aromatic N) is 1. The molecular formula is C15H28N2O3. The van der Waals surface area contributed by atoms with Gasteiger partial charge in [0.1, 0.15) is 5.60 Å². The van der Waals surface area contributed by atoms with Crippen molar-refractivity contribution in [2.24, 2.45) is 0 Å². The first kappa shape index (κ1) is 15.6. The molecule has 2 fully saturated rings. The lowest BCUT2D eigenvalue weighted by Crippen LogP contribution is -2.55. The molecule has 2 aliphatic heterocycles. The standard InChI is InChI=1S/C15H28N2O3/c1-15(2,3)20-14(18)17(12-6-9-19-10-7-12)13-5-4-8-16-11-13/h12-13,16H,4-11H2,1-3H3. The third-order valence-electron chi connectivity index (χ3n) is 3.85. The largest absolute Gasteiger partial charge is 0.444 e. The molecule has 20 heavy (non-hydrogen) atoms. The fourth-order valence-electron chi connectivity index (χ4n) is 2.95. The Morgan fingerprint density at radius 3 is 2.45 bits per heavy atom. The van der Waals surface area contributed by atoms with E-state index in [0.717, 1.165) is 52.0 Å². The van der Waals surface area contributed by atoms with Gasteiger partial charge in [-0.05, 0) is 53.0 Å². The zero-order chi connectivity index (χ0) is 14.6. The van der Waals surface area contributed by atoms with Crippen LogP contribution in [0, 0.1) is 0 Å². The zero-order valence-electron chi connectivity index (χ0n) is 13.0. The van der Waals surface area contributed by atoms with Gasteiger partial charge in [-0.15, -0.1) is 0 Å². The maximum absolute atomic E-state index is 12.6. The van der Waals surface area contributed by atoms with Crippen LogP contribution < -0.4 is 5.32 Å². The number of piperidine rings is 1. The number of hydrogen-bond acceptors (Lipinski definition) is 4. The summed E-state index contributed by atoms with van der Waals surface area (Å²) in [5.41, 5.74) is -0.442. The van der Waals surface area contributed by atoms with Gasteiger partial charge in [0.15, 0.2) is 0 Å². The van der Waals surface area contributed by atoms with Gasteiger partial charge in [-0.3, -0.25) is 0 Å². The van der Waals surface area contributed by atoms with E-state index < -0.39 is 5.60 Å². The van der Waals surface area contributed by atoms with Crippen LogP contribution in [-0.4, -0.2) is 55.0 Å². The second kappa shape index (κ2) is 6.76. The highest BCUT2D eigenvalue weighted by Crippen LogP contribution is 2.23. The van der Waals surface area contributed by atoms with E-state index in [4.69, 9.17) is 9.47 Å². The SMILES string of the molecule is CC(C)(C)OC(=O)N(C1CCOCC1)C1CCCNC1. The summed E-state index contributed by atoms with van der Waals surface area (Å²) < 4.78 is 11.0. The van der Waals surface area contributed by atoms with Crippen molar-refractivity contribution in [2.45, 2.75) is 64.1 Å². The highest BCUT2D eigenvalue weighted by atomic mass is 16.6. The summed E-state index contributed by atoms with van der Waals surface area (Å²) in [6.07, 6.45) is 3.83. The molecule has 0 spiro atoms. The molecule has 2 saturated heterocycles. The molecule has 1 amide bonds. The van der Waals surface area contributed by atoms with Crippen LogP contribution >= 0.6 is 0 Å². The highest BCUT2D eigenvalue weighted by Gasteiger charge is 2.35. The van der Waals surface area contributed by atoms with Crippen LogP contribution in [0.15, 0.2) is 0 Å². The maximum atomic E-state index is 12.6. The number of rotatable bonds is 2.